The average Bonchev–Trinajstić information content (AvgIpc) is 2.45. The normalized spacial score (nSPS) is 12.4. The summed E-state index contributed by atoms with van der Waals surface area (Å²) >= 11 is 2.90. The van der Waals surface area contributed by atoms with Gasteiger partial charge in [0.25, 0.3) is 0 Å². The summed E-state index contributed by atoms with van der Waals surface area (Å²) in [7, 11) is -4.04. The first-order valence-electron chi connectivity index (χ1n) is 6.10. The molecule has 2 rings (SSSR count). The van der Waals surface area contributed by atoms with Crippen LogP contribution < -0.4 is 4.72 Å². The quantitative estimate of drug-likeness (QED) is 0.854. The highest BCUT2D eigenvalue weighted by atomic mass is 79.9. The molecule has 0 aliphatic rings. The number of hydrogen-bond acceptors (Lipinski definition) is 2. The van der Waals surface area contributed by atoms with Crippen molar-refractivity contribution in [2.45, 2.75) is 17.6 Å². The van der Waals surface area contributed by atoms with Gasteiger partial charge in [-0.1, -0.05) is 46.3 Å². The van der Waals surface area contributed by atoms with Gasteiger partial charge in [0.15, 0.2) is 0 Å². The second kappa shape index (κ2) is 6.39. The highest BCUT2D eigenvalue weighted by molar-refractivity contribution is 9.10. The van der Waals surface area contributed by atoms with Crippen molar-refractivity contribution >= 4 is 26.0 Å². The molecule has 1 N–H and O–H groups in total. The summed E-state index contributed by atoms with van der Waals surface area (Å²) < 4.78 is 64.9. The topological polar surface area (TPSA) is 46.2 Å². The average molecular weight is 394 g/mol. The van der Waals surface area contributed by atoms with Crippen molar-refractivity contribution in [3.05, 3.63) is 64.1 Å². The van der Waals surface area contributed by atoms with Crippen LogP contribution in [0.4, 0.5) is 13.2 Å². The lowest BCUT2D eigenvalue weighted by atomic mass is 10.2. The van der Waals surface area contributed by atoms with Crippen molar-refractivity contribution in [1.29, 1.82) is 0 Å². The van der Waals surface area contributed by atoms with E-state index in [4.69, 9.17) is 0 Å². The molecule has 2 aromatic carbocycles. The largest absolute Gasteiger partial charge is 0.416 e. The van der Waals surface area contributed by atoms with Crippen LogP contribution in [0.25, 0.3) is 0 Å². The van der Waals surface area contributed by atoms with Gasteiger partial charge >= 0.3 is 6.18 Å². The SMILES string of the molecule is O=S(=O)(NCc1ccccc1)c1cc(Br)cc(C(F)(F)F)c1. The number of nitrogens with one attached hydrogen (secondary N) is 1. The zero-order valence-electron chi connectivity index (χ0n) is 11.1. The van der Waals surface area contributed by atoms with Gasteiger partial charge in [-0.3, -0.25) is 0 Å². The number of alkyl halides is 3. The van der Waals surface area contributed by atoms with Crippen LogP contribution in [0.1, 0.15) is 11.1 Å². The molecular formula is C14H11BrF3NO2S. The molecule has 118 valence electrons. The molecule has 0 spiro atoms. The molecule has 8 heteroatoms. The first-order chi connectivity index (χ1) is 10.2. The van der Waals surface area contributed by atoms with Gasteiger partial charge in [-0.2, -0.15) is 13.2 Å². The molecule has 0 saturated carbocycles. The molecule has 0 heterocycles. The Morgan fingerprint density at radius 2 is 1.68 bits per heavy atom. The lowest BCUT2D eigenvalue weighted by molar-refractivity contribution is -0.137. The maximum atomic E-state index is 12.8. The molecular weight excluding hydrogens is 383 g/mol. The minimum atomic E-state index is -4.62. The molecule has 0 aromatic heterocycles. The number of hydrogen-bond donors (Lipinski definition) is 1. The third-order valence-electron chi connectivity index (χ3n) is 2.82. The molecule has 3 nitrogen and oxygen atoms in total. The summed E-state index contributed by atoms with van der Waals surface area (Å²) in [6.45, 7) is -0.00294. The van der Waals surface area contributed by atoms with Crippen LogP contribution in [-0.2, 0) is 22.7 Å². The van der Waals surface area contributed by atoms with Crippen molar-refractivity contribution in [2.24, 2.45) is 0 Å². The highest BCUT2D eigenvalue weighted by Gasteiger charge is 2.32. The third-order valence-corrected chi connectivity index (χ3v) is 4.66. The molecule has 0 aliphatic carbocycles. The minimum absolute atomic E-state index is 0.00294. The van der Waals surface area contributed by atoms with Crippen LogP contribution in [-0.4, -0.2) is 8.42 Å². The summed E-state index contributed by atoms with van der Waals surface area (Å²) in [4.78, 5) is -0.440. The van der Waals surface area contributed by atoms with Gasteiger partial charge < -0.3 is 0 Å². The molecule has 22 heavy (non-hydrogen) atoms. The van der Waals surface area contributed by atoms with Gasteiger partial charge in [-0.25, -0.2) is 13.1 Å². The molecule has 2 aromatic rings. The van der Waals surface area contributed by atoms with E-state index in [2.05, 4.69) is 20.7 Å². The fraction of sp³-hybridized carbons (Fsp3) is 0.143. The smallest absolute Gasteiger partial charge is 0.207 e. The van der Waals surface area contributed by atoms with E-state index in [0.29, 0.717) is 11.6 Å². The number of halogens is 4. The predicted octanol–water partition coefficient (Wildman–Crippen LogP) is 3.95. The fourth-order valence-corrected chi connectivity index (χ4v) is 3.47. The van der Waals surface area contributed by atoms with Gasteiger partial charge in [0, 0.05) is 11.0 Å². The third kappa shape index (κ3) is 4.31. The van der Waals surface area contributed by atoms with Gasteiger partial charge in [-0.05, 0) is 23.8 Å². The standard InChI is InChI=1S/C14H11BrF3NO2S/c15-12-6-11(14(16,17)18)7-13(8-12)22(20,21)19-9-10-4-2-1-3-5-10/h1-8,19H,9H2. The Bertz CT molecular complexity index is 761. The van der Waals surface area contributed by atoms with Gasteiger partial charge in [0.1, 0.15) is 0 Å². The molecule has 0 radical (unpaired) electrons. The fourth-order valence-electron chi connectivity index (χ4n) is 1.74. The Labute approximate surface area is 134 Å². The number of rotatable bonds is 4. The zero-order chi connectivity index (χ0) is 16.4. The lowest BCUT2D eigenvalue weighted by Crippen LogP contribution is -2.23. The van der Waals surface area contributed by atoms with E-state index in [9.17, 15) is 21.6 Å². The Morgan fingerprint density at radius 3 is 2.27 bits per heavy atom. The van der Waals surface area contributed by atoms with Crippen LogP contribution in [0.15, 0.2) is 57.9 Å². The van der Waals surface area contributed by atoms with Gasteiger partial charge in [0.2, 0.25) is 10.0 Å². The van der Waals surface area contributed by atoms with Crippen molar-refractivity contribution in [2.75, 3.05) is 0 Å². The Kier molecular flexibility index (Phi) is 4.93. The van der Waals surface area contributed by atoms with E-state index < -0.39 is 26.7 Å². The van der Waals surface area contributed by atoms with E-state index in [1.165, 1.54) is 0 Å². The zero-order valence-corrected chi connectivity index (χ0v) is 13.5. The van der Waals surface area contributed by atoms with E-state index in [1.807, 2.05) is 0 Å². The monoisotopic (exact) mass is 393 g/mol. The molecule has 0 amide bonds. The molecule has 0 bridgehead atoms. The van der Waals surface area contributed by atoms with Crippen molar-refractivity contribution < 1.29 is 21.6 Å². The highest BCUT2D eigenvalue weighted by Crippen LogP contribution is 2.33. The van der Waals surface area contributed by atoms with E-state index in [0.717, 1.165) is 12.1 Å². The summed E-state index contributed by atoms with van der Waals surface area (Å²) in [5.41, 5.74) is -0.320. The van der Waals surface area contributed by atoms with Crippen LogP contribution in [0, 0.1) is 0 Å². The Hall–Kier alpha value is -1.38. The van der Waals surface area contributed by atoms with Crippen molar-refractivity contribution in [3.63, 3.8) is 0 Å². The Balaban J connectivity index is 2.28. The second-order valence-corrected chi connectivity index (χ2v) is 7.17. The number of sulfonamides is 1. The second-order valence-electron chi connectivity index (χ2n) is 4.48. The number of benzene rings is 2. The van der Waals surface area contributed by atoms with Crippen LogP contribution in [0.5, 0.6) is 0 Å². The van der Waals surface area contributed by atoms with Crippen LogP contribution >= 0.6 is 15.9 Å². The maximum absolute atomic E-state index is 12.8. The first kappa shape index (κ1) is 17.0. The summed E-state index contributed by atoms with van der Waals surface area (Å²) in [5, 5.41) is 0. The molecule has 0 fully saturated rings. The van der Waals surface area contributed by atoms with Crippen LogP contribution in [0.2, 0.25) is 0 Å². The summed E-state index contributed by atoms with van der Waals surface area (Å²) in [5.74, 6) is 0. The Morgan fingerprint density at radius 1 is 1.05 bits per heavy atom. The predicted molar refractivity (Wildman–Crippen MR) is 79.6 cm³/mol. The van der Waals surface area contributed by atoms with Crippen molar-refractivity contribution in [1.82, 2.24) is 4.72 Å². The van der Waals surface area contributed by atoms with E-state index in [1.54, 1.807) is 30.3 Å². The maximum Gasteiger partial charge on any atom is 0.416 e. The molecule has 0 unspecified atom stereocenters. The van der Waals surface area contributed by atoms with Crippen LogP contribution in [0.3, 0.4) is 0 Å². The molecule has 0 saturated heterocycles. The minimum Gasteiger partial charge on any atom is -0.207 e. The van der Waals surface area contributed by atoms with Gasteiger partial charge in [0.05, 0.1) is 10.5 Å². The lowest BCUT2D eigenvalue weighted by Gasteiger charge is -2.11. The van der Waals surface area contributed by atoms with Gasteiger partial charge in [-0.15, -0.1) is 0 Å². The molecule has 0 aliphatic heterocycles. The van der Waals surface area contributed by atoms with E-state index in [-0.39, 0.29) is 11.0 Å². The molecule has 0 atom stereocenters. The van der Waals surface area contributed by atoms with Crippen molar-refractivity contribution in [3.8, 4) is 0 Å². The summed E-state index contributed by atoms with van der Waals surface area (Å²) in [6, 6.07) is 11.3. The van der Waals surface area contributed by atoms with E-state index >= 15 is 0 Å². The first-order valence-corrected chi connectivity index (χ1v) is 8.37. The summed E-state index contributed by atoms with van der Waals surface area (Å²) in [6.07, 6.45) is -4.62.